The highest BCUT2D eigenvalue weighted by Gasteiger charge is 2.19. The smallest absolute Gasteiger partial charge is 0.263 e. The molecule has 1 aromatic heterocycles. The van der Waals surface area contributed by atoms with Crippen molar-refractivity contribution in [1.29, 1.82) is 0 Å². The van der Waals surface area contributed by atoms with Gasteiger partial charge in [0.15, 0.2) is 11.6 Å². The summed E-state index contributed by atoms with van der Waals surface area (Å²) in [7, 11) is -3.88. The van der Waals surface area contributed by atoms with Gasteiger partial charge in [0, 0.05) is 15.7 Å². The van der Waals surface area contributed by atoms with Gasteiger partial charge in [0.05, 0.1) is 15.9 Å². The standard InChI is InChI=1S/C21H16Cl2N4O2S/c1-13-5-4-6-17(9-13)30(28,29)27-21-20(24-16-11-14(22)10-15(23)12-16)25-18-7-2-3-8-19(18)26-21/h2-12H,1H3,(H,24,25)(H,26,27). The van der Waals surface area contributed by atoms with Crippen LogP contribution in [0.2, 0.25) is 10.0 Å². The van der Waals surface area contributed by atoms with Gasteiger partial charge in [-0.2, -0.15) is 0 Å². The molecule has 6 nitrogen and oxygen atoms in total. The molecule has 0 aliphatic rings. The molecule has 0 saturated carbocycles. The Labute approximate surface area is 183 Å². The van der Waals surface area contributed by atoms with E-state index in [9.17, 15) is 8.42 Å². The van der Waals surface area contributed by atoms with Crippen LogP contribution in [0.25, 0.3) is 11.0 Å². The fraction of sp³-hybridized carbons (Fsp3) is 0.0476. The molecule has 0 radical (unpaired) electrons. The molecule has 0 unspecified atom stereocenters. The Bertz CT molecular complexity index is 1340. The molecular formula is C21H16Cl2N4O2S. The van der Waals surface area contributed by atoms with Crippen molar-refractivity contribution in [1.82, 2.24) is 9.97 Å². The van der Waals surface area contributed by atoms with E-state index in [1.54, 1.807) is 48.5 Å². The summed E-state index contributed by atoms with van der Waals surface area (Å²) in [4.78, 5) is 9.14. The van der Waals surface area contributed by atoms with Gasteiger partial charge in [-0.05, 0) is 55.0 Å². The number of sulfonamides is 1. The van der Waals surface area contributed by atoms with E-state index in [0.29, 0.717) is 26.8 Å². The van der Waals surface area contributed by atoms with Crippen molar-refractivity contribution in [2.75, 3.05) is 10.0 Å². The number of benzene rings is 3. The van der Waals surface area contributed by atoms with Crippen LogP contribution >= 0.6 is 23.2 Å². The predicted molar refractivity (Wildman–Crippen MR) is 121 cm³/mol. The Morgan fingerprint density at radius 2 is 1.43 bits per heavy atom. The average molecular weight is 459 g/mol. The number of aromatic nitrogens is 2. The molecule has 9 heteroatoms. The van der Waals surface area contributed by atoms with Crippen molar-refractivity contribution in [3.8, 4) is 0 Å². The highest BCUT2D eigenvalue weighted by molar-refractivity contribution is 7.92. The summed E-state index contributed by atoms with van der Waals surface area (Å²) in [5.74, 6) is 0.287. The van der Waals surface area contributed by atoms with Gasteiger partial charge in [-0.15, -0.1) is 0 Å². The molecule has 0 fully saturated rings. The summed E-state index contributed by atoms with van der Waals surface area (Å²) in [5, 5.41) is 3.92. The van der Waals surface area contributed by atoms with Gasteiger partial charge >= 0.3 is 0 Å². The Morgan fingerprint density at radius 3 is 2.07 bits per heavy atom. The SMILES string of the molecule is Cc1cccc(S(=O)(=O)Nc2nc3ccccc3nc2Nc2cc(Cl)cc(Cl)c2)c1. The first-order valence-corrected chi connectivity index (χ1v) is 11.1. The predicted octanol–water partition coefficient (Wildman–Crippen LogP) is 5.79. The fourth-order valence-electron chi connectivity index (χ4n) is 2.89. The van der Waals surface area contributed by atoms with Gasteiger partial charge in [-0.25, -0.2) is 18.4 Å². The minimum Gasteiger partial charge on any atom is -0.337 e. The van der Waals surface area contributed by atoms with Crippen molar-refractivity contribution in [2.45, 2.75) is 11.8 Å². The van der Waals surface area contributed by atoms with Gasteiger partial charge in [-0.3, -0.25) is 4.72 Å². The quantitative estimate of drug-likeness (QED) is 0.395. The largest absolute Gasteiger partial charge is 0.337 e. The van der Waals surface area contributed by atoms with Crippen molar-refractivity contribution >= 4 is 61.6 Å². The number of aryl methyl sites for hydroxylation is 1. The summed E-state index contributed by atoms with van der Waals surface area (Å²) in [5.41, 5.74) is 2.53. The highest BCUT2D eigenvalue weighted by Crippen LogP contribution is 2.30. The number of para-hydroxylation sites is 2. The van der Waals surface area contributed by atoms with E-state index in [1.807, 2.05) is 19.1 Å². The zero-order valence-corrected chi connectivity index (χ0v) is 18.1. The van der Waals surface area contributed by atoms with Gasteiger partial charge < -0.3 is 5.32 Å². The Morgan fingerprint density at radius 1 is 0.800 bits per heavy atom. The third kappa shape index (κ3) is 4.48. The number of hydrogen-bond acceptors (Lipinski definition) is 5. The minimum atomic E-state index is -3.88. The Kier molecular flexibility index (Phi) is 5.51. The maximum absolute atomic E-state index is 13.0. The van der Waals surface area contributed by atoms with E-state index in [4.69, 9.17) is 23.2 Å². The molecule has 4 rings (SSSR count). The third-order valence-electron chi connectivity index (χ3n) is 4.23. The summed E-state index contributed by atoms with van der Waals surface area (Å²) in [6.07, 6.45) is 0. The molecule has 30 heavy (non-hydrogen) atoms. The van der Waals surface area contributed by atoms with E-state index in [2.05, 4.69) is 20.0 Å². The molecule has 0 bridgehead atoms. The number of halogens is 2. The van der Waals surface area contributed by atoms with Gasteiger partial charge in [0.1, 0.15) is 0 Å². The highest BCUT2D eigenvalue weighted by atomic mass is 35.5. The molecular weight excluding hydrogens is 443 g/mol. The summed E-state index contributed by atoms with van der Waals surface area (Å²) >= 11 is 12.2. The lowest BCUT2D eigenvalue weighted by molar-refractivity contribution is 0.601. The van der Waals surface area contributed by atoms with Gasteiger partial charge in [0.25, 0.3) is 10.0 Å². The fourth-order valence-corrected chi connectivity index (χ4v) is 4.53. The lowest BCUT2D eigenvalue weighted by atomic mass is 10.2. The van der Waals surface area contributed by atoms with E-state index in [1.165, 1.54) is 6.07 Å². The molecule has 3 aromatic carbocycles. The van der Waals surface area contributed by atoms with Crippen LogP contribution in [0.15, 0.2) is 71.6 Å². The monoisotopic (exact) mass is 458 g/mol. The molecule has 0 amide bonds. The van der Waals surface area contributed by atoms with Crippen molar-refractivity contribution in [3.05, 3.63) is 82.3 Å². The number of rotatable bonds is 5. The molecule has 1 heterocycles. The van der Waals surface area contributed by atoms with E-state index in [-0.39, 0.29) is 16.5 Å². The maximum Gasteiger partial charge on any atom is 0.263 e. The lowest BCUT2D eigenvalue weighted by Crippen LogP contribution is -2.16. The van der Waals surface area contributed by atoms with Crippen molar-refractivity contribution < 1.29 is 8.42 Å². The van der Waals surface area contributed by atoms with Crippen LogP contribution in [-0.2, 0) is 10.0 Å². The molecule has 0 atom stereocenters. The van der Waals surface area contributed by atoms with E-state index in [0.717, 1.165) is 5.56 Å². The van der Waals surface area contributed by atoms with Crippen LogP contribution in [0.1, 0.15) is 5.56 Å². The topological polar surface area (TPSA) is 84.0 Å². The number of nitrogens with one attached hydrogen (secondary N) is 2. The molecule has 0 aliphatic carbocycles. The third-order valence-corrected chi connectivity index (χ3v) is 6.00. The number of anilines is 3. The summed E-state index contributed by atoms with van der Waals surface area (Å²) < 4.78 is 28.4. The average Bonchev–Trinajstić information content (AvgIpc) is 2.67. The summed E-state index contributed by atoms with van der Waals surface area (Å²) in [6, 6.07) is 18.7. The number of fused-ring (bicyclic) bond motifs is 1. The van der Waals surface area contributed by atoms with E-state index >= 15 is 0 Å². The van der Waals surface area contributed by atoms with Crippen LogP contribution in [0.4, 0.5) is 17.3 Å². The Hall–Kier alpha value is -2.87. The normalized spacial score (nSPS) is 11.4. The molecule has 152 valence electrons. The molecule has 4 aromatic rings. The molecule has 0 aliphatic heterocycles. The second-order valence-electron chi connectivity index (χ2n) is 6.61. The molecule has 0 spiro atoms. The second kappa shape index (κ2) is 8.10. The van der Waals surface area contributed by atoms with Crippen LogP contribution in [0.3, 0.4) is 0 Å². The van der Waals surface area contributed by atoms with Crippen molar-refractivity contribution in [2.24, 2.45) is 0 Å². The van der Waals surface area contributed by atoms with Crippen LogP contribution in [-0.4, -0.2) is 18.4 Å². The zero-order chi connectivity index (χ0) is 21.3. The zero-order valence-electron chi connectivity index (χ0n) is 15.7. The van der Waals surface area contributed by atoms with Crippen LogP contribution in [0.5, 0.6) is 0 Å². The first-order valence-electron chi connectivity index (χ1n) is 8.89. The maximum atomic E-state index is 13.0. The first-order chi connectivity index (χ1) is 14.3. The Balaban J connectivity index is 1.80. The molecule has 2 N–H and O–H groups in total. The van der Waals surface area contributed by atoms with Crippen LogP contribution < -0.4 is 10.0 Å². The number of nitrogens with zero attached hydrogens (tertiary/aromatic N) is 2. The van der Waals surface area contributed by atoms with Crippen molar-refractivity contribution in [3.63, 3.8) is 0 Å². The first kappa shape index (κ1) is 20.4. The van der Waals surface area contributed by atoms with Gasteiger partial charge in [0.2, 0.25) is 0 Å². The minimum absolute atomic E-state index is 0.0614. The number of hydrogen-bond donors (Lipinski definition) is 2. The van der Waals surface area contributed by atoms with E-state index < -0.39 is 10.0 Å². The van der Waals surface area contributed by atoms with Crippen LogP contribution in [0, 0.1) is 6.92 Å². The van der Waals surface area contributed by atoms with Gasteiger partial charge in [-0.1, -0.05) is 47.5 Å². The lowest BCUT2D eigenvalue weighted by Gasteiger charge is -2.14. The summed E-state index contributed by atoms with van der Waals surface area (Å²) in [6.45, 7) is 1.82. The molecule has 0 saturated heterocycles. The second-order valence-corrected chi connectivity index (χ2v) is 9.17.